The smallest absolute Gasteiger partial charge is 0.254 e. The van der Waals surface area contributed by atoms with Crippen LogP contribution in [0.5, 0.6) is 5.75 Å². The van der Waals surface area contributed by atoms with Crippen LogP contribution in [0.15, 0.2) is 71.4 Å². The second kappa shape index (κ2) is 7.75. The summed E-state index contributed by atoms with van der Waals surface area (Å²) in [6.45, 7) is 1.20. The first kappa shape index (κ1) is 16.9. The molecule has 1 aromatic heterocycles. The van der Waals surface area contributed by atoms with Gasteiger partial charge in [-0.15, -0.1) is 0 Å². The maximum absolute atomic E-state index is 12.9. The monoisotopic (exact) mass is 363 g/mol. The summed E-state index contributed by atoms with van der Waals surface area (Å²) in [5, 5.41) is 4.18. The van der Waals surface area contributed by atoms with E-state index in [2.05, 4.69) is 16.8 Å². The molecule has 0 spiro atoms. The normalized spacial score (nSPS) is 13.4. The highest BCUT2D eigenvalue weighted by atomic mass is 32.1. The second-order valence-corrected chi connectivity index (χ2v) is 7.37. The Balaban J connectivity index is 1.41. The number of hydrogen-bond donors (Lipinski definition) is 0. The lowest BCUT2D eigenvalue weighted by Crippen LogP contribution is -2.32. The van der Waals surface area contributed by atoms with Gasteiger partial charge in [0, 0.05) is 18.2 Å². The van der Waals surface area contributed by atoms with Gasteiger partial charge in [0.2, 0.25) is 0 Å². The summed E-state index contributed by atoms with van der Waals surface area (Å²) < 4.78 is 5.76. The molecule has 0 N–H and O–H groups in total. The highest BCUT2D eigenvalue weighted by Gasteiger charge is 2.33. The van der Waals surface area contributed by atoms with Gasteiger partial charge in [-0.05, 0) is 65.1 Å². The number of thiophene rings is 1. The van der Waals surface area contributed by atoms with Crippen molar-refractivity contribution in [2.75, 3.05) is 0 Å². The fourth-order valence-corrected chi connectivity index (χ4v) is 3.58. The van der Waals surface area contributed by atoms with E-state index in [0.717, 1.165) is 29.7 Å². The van der Waals surface area contributed by atoms with Gasteiger partial charge in [-0.1, -0.05) is 30.3 Å². The van der Waals surface area contributed by atoms with E-state index in [-0.39, 0.29) is 5.91 Å². The molecule has 0 saturated heterocycles. The summed E-state index contributed by atoms with van der Waals surface area (Å²) in [6, 6.07) is 20.0. The van der Waals surface area contributed by atoms with Crippen LogP contribution in [0.25, 0.3) is 0 Å². The molecule has 1 fully saturated rings. The van der Waals surface area contributed by atoms with E-state index in [0.29, 0.717) is 19.2 Å². The van der Waals surface area contributed by atoms with E-state index in [1.54, 1.807) is 11.3 Å². The van der Waals surface area contributed by atoms with E-state index in [9.17, 15) is 4.79 Å². The van der Waals surface area contributed by atoms with Crippen LogP contribution in [0.3, 0.4) is 0 Å². The number of nitrogens with zero attached hydrogens (tertiary/aromatic N) is 1. The highest BCUT2D eigenvalue weighted by molar-refractivity contribution is 7.07. The number of rotatable bonds is 7. The molecule has 4 rings (SSSR count). The molecule has 1 heterocycles. The van der Waals surface area contributed by atoms with Gasteiger partial charge in [-0.2, -0.15) is 11.3 Å². The summed E-state index contributed by atoms with van der Waals surface area (Å²) in [4.78, 5) is 15.0. The van der Waals surface area contributed by atoms with E-state index in [4.69, 9.17) is 4.74 Å². The molecule has 26 heavy (non-hydrogen) atoms. The van der Waals surface area contributed by atoms with E-state index < -0.39 is 0 Å². The molecule has 1 amide bonds. The molecule has 0 unspecified atom stereocenters. The number of para-hydroxylation sites is 1. The Hall–Kier alpha value is -2.59. The Bertz CT molecular complexity index is 840. The Labute approximate surface area is 157 Å². The lowest BCUT2D eigenvalue weighted by atomic mass is 10.1. The zero-order valence-electron chi connectivity index (χ0n) is 14.5. The van der Waals surface area contributed by atoms with Gasteiger partial charge in [0.05, 0.1) is 0 Å². The number of carbonyl (C=O) groups is 1. The third-order valence-corrected chi connectivity index (χ3v) is 5.26. The lowest BCUT2D eigenvalue weighted by molar-refractivity contribution is 0.0730. The summed E-state index contributed by atoms with van der Waals surface area (Å²) >= 11 is 1.67. The first-order valence-corrected chi connectivity index (χ1v) is 9.83. The molecule has 3 aromatic rings. The van der Waals surface area contributed by atoms with Crippen molar-refractivity contribution in [3.8, 4) is 5.75 Å². The average molecular weight is 363 g/mol. The molecule has 0 bridgehead atoms. The van der Waals surface area contributed by atoms with E-state index in [1.165, 1.54) is 5.56 Å². The van der Waals surface area contributed by atoms with Gasteiger partial charge in [0.25, 0.3) is 5.91 Å². The maximum Gasteiger partial charge on any atom is 0.254 e. The van der Waals surface area contributed by atoms with Gasteiger partial charge in [-0.25, -0.2) is 0 Å². The molecule has 0 radical (unpaired) electrons. The van der Waals surface area contributed by atoms with Crippen LogP contribution in [0.2, 0.25) is 0 Å². The number of amides is 1. The van der Waals surface area contributed by atoms with Crippen LogP contribution in [-0.2, 0) is 13.2 Å². The summed E-state index contributed by atoms with van der Waals surface area (Å²) in [5.74, 6) is 0.970. The molecule has 1 aliphatic rings. The lowest BCUT2D eigenvalue weighted by Gasteiger charge is -2.22. The van der Waals surface area contributed by atoms with Crippen LogP contribution in [0.1, 0.15) is 34.3 Å². The quantitative estimate of drug-likeness (QED) is 0.582. The van der Waals surface area contributed by atoms with Crippen molar-refractivity contribution < 1.29 is 9.53 Å². The standard InChI is InChI=1S/C22H21NO2S/c24-22(23(20-10-11-20)14-18-12-13-26-16-18)19-8-6-17(7-9-19)15-25-21-4-2-1-3-5-21/h1-9,12-13,16,20H,10-11,14-15H2. The van der Waals surface area contributed by atoms with Crippen molar-refractivity contribution in [1.29, 1.82) is 0 Å². The fourth-order valence-electron chi connectivity index (χ4n) is 2.93. The Morgan fingerprint density at radius 3 is 2.42 bits per heavy atom. The van der Waals surface area contributed by atoms with Crippen molar-refractivity contribution >= 4 is 17.2 Å². The van der Waals surface area contributed by atoms with Crippen molar-refractivity contribution in [2.24, 2.45) is 0 Å². The molecular weight excluding hydrogens is 342 g/mol. The van der Waals surface area contributed by atoms with Crippen LogP contribution >= 0.6 is 11.3 Å². The van der Waals surface area contributed by atoms with Gasteiger partial charge in [0.15, 0.2) is 0 Å². The number of carbonyl (C=O) groups excluding carboxylic acids is 1. The van der Waals surface area contributed by atoms with Crippen molar-refractivity contribution in [3.05, 3.63) is 88.1 Å². The van der Waals surface area contributed by atoms with Crippen LogP contribution in [-0.4, -0.2) is 16.8 Å². The SMILES string of the molecule is O=C(c1ccc(COc2ccccc2)cc1)N(Cc1ccsc1)C1CC1. The predicted octanol–water partition coefficient (Wildman–Crippen LogP) is 5.13. The molecule has 1 aliphatic carbocycles. The van der Waals surface area contributed by atoms with Crippen molar-refractivity contribution in [2.45, 2.75) is 32.0 Å². The summed E-state index contributed by atoms with van der Waals surface area (Å²) in [7, 11) is 0. The average Bonchev–Trinajstić information content (AvgIpc) is 3.41. The van der Waals surface area contributed by atoms with Crippen LogP contribution in [0, 0.1) is 0 Å². The maximum atomic E-state index is 12.9. The number of ether oxygens (including phenoxy) is 1. The van der Waals surface area contributed by atoms with Gasteiger partial charge in [-0.3, -0.25) is 4.79 Å². The summed E-state index contributed by atoms with van der Waals surface area (Å²) in [6.07, 6.45) is 2.22. The highest BCUT2D eigenvalue weighted by Crippen LogP contribution is 2.30. The third-order valence-electron chi connectivity index (χ3n) is 4.53. The molecule has 4 heteroatoms. The van der Waals surface area contributed by atoms with Gasteiger partial charge < -0.3 is 9.64 Å². The topological polar surface area (TPSA) is 29.5 Å². The van der Waals surface area contributed by atoms with E-state index >= 15 is 0 Å². The minimum Gasteiger partial charge on any atom is -0.489 e. The minimum absolute atomic E-state index is 0.120. The zero-order chi connectivity index (χ0) is 17.8. The molecular formula is C22H21NO2S. The molecule has 132 valence electrons. The predicted molar refractivity (Wildman–Crippen MR) is 104 cm³/mol. The molecule has 0 aliphatic heterocycles. The van der Waals surface area contributed by atoms with Crippen LogP contribution < -0.4 is 4.74 Å². The number of hydrogen-bond acceptors (Lipinski definition) is 3. The molecule has 2 aromatic carbocycles. The van der Waals surface area contributed by atoms with Gasteiger partial charge in [0.1, 0.15) is 12.4 Å². The first-order chi connectivity index (χ1) is 12.8. The minimum atomic E-state index is 0.120. The molecule has 3 nitrogen and oxygen atoms in total. The second-order valence-electron chi connectivity index (χ2n) is 6.59. The third kappa shape index (κ3) is 4.14. The Morgan fingerprint density at radius 2 is 1.77 bits per heavy atom. The van der Waals surface area contributed by atoms with E-state index in [1.807, 2.05) is 59.5 Å². The molecule has 1 saturated carbocycles. The molecule has 0 atom stereocenters. The fraction of sp³-hybridized carbons (Fsp3) is 0.227. The van der Waals surface area contributed by atoms with Crippen molar-refractivity contribution in [1.82, 2.24) is 4.90 Å². The zero-order valence-corrected chi connectivity index (χ0v) is 15.3. The largest absolute Gasteiger partial charge is 0.489 e. The summed E-state index contributed by atoms with van der Waals surface area (Å²) in [5.41, 5.74) is 3.01. The Morgan fingerprint density at radius 1 is 1.00 bits per heavy atom. The number of benzene rings is 2. The van der Waals surface area contributed by atoms with Gasteiger partial charge >= 0.3 is 0 Å². The Kier molecular flexibility index (Phi) is 5.02. The van der Waals surface area contributed by atoms with Crippen LogP contribution in [0.4, 0.5) is 0 Å². The first-order valence-electron chi connectivity index (χ1n) is 8.88. The van der Waals surface area contributed by atoms with Crippen molar-refractivity contribution in [3.63, 3.8) is 0 Å².